The Morgan fingerprint density at radius 2 is 2.06 bits per heavy atom. The average molecular weight is 305 g/mol. The molecule has 1 aromatic rings. The predicted molar refractivity (Wildman–Crippen MR) is 68.9 cm³/mol. The lowest BCUT2D eigenvalue weighted by Crippen LogP contribution is -2.30. The Hall–Kier alpha value is -0.750. The standard InChI is InChI=1S/C10H13BrN2O2S/c1-13(16(14,15)8-3-4-8)10-5-2-7(11)6-9(10)12/h2,5-6,8H,3-4,12H2,1H3. The van der Waals surface area contributed by atoms with Gasteiger partial charge in [0.15, 0.2) is 0 Å². The first-order chi connectivity index (χ1) is 7.43. The topological polar surface area (TPSA) is 63.4 Å². The van der Waals surface area contributed by atoms with Gasteiger partial charge in [-0.2, -0.15) is 0 Å². The van der Waals surface area contributed by atoms with Crippen molar-refractivity contribution in [3.05, 3.63) is 22.7 Å². The van der Waals surface area contributed by atoms with Crippen LogP contribution in [0, 0.1) is 0 Å². The summed E-state index contributed by atoms with van der Waals surface area (Å²) >= 11 is 3.29. The normalized spacial score (nSPS) is 16.1. The molecule has 0 saturated heterocycles. The van der Waals surface area contributed by atoms with E-state index >= 15 is 0 Å². The molecule has 0 bridgehead atoms. The van der Waals surface area contributed by atoms with Gasteiger partial charge in [0.05, 0.1) is 16.6 Å². The highest BCUT2D eigenvalue weighted by atomic mass is 79.9. The van der Waals surface area contributed by atoms with Crippen molar-refractivity contribution in [1.29, 1.82) is 0 Å². The Labute approximate surface area is 104 Å². The van der Waals surface area contributed by atoms with E-state index in [-0.39, 0.29) is 5.25 Å². The fourth-order valence-electron chi connectivity index (χ4n) is 1.54. The number of nitrogen functional groups attached to an aromatic ring is 1. The maximum absolute atomic E-state index is 12.0. The number of nitrogens with two attached hydrogens (primary N) is 1. The first kappa shape index (κ1) is 11.7. The highest BCUT2D eigenvalue weighted by Crippen LogP contribution is 2.35. The van der Waals surface area contributed by atoms with Gasteiger partial charge < -0.3 is 5.73 Å². The minimum atomic E-state index is -3.22. The summed E-state index contributed by atoms with van der Waals surface area (Å²) in [6.07, 6.45) is 1.51. The van der Waals surface area contributed by atoms with Crippen LogP contribution in [0.15, 0.2) is 22.7 Å². The molecular formula is C10H13BrN2O2S. The molecule has 1 aromatic carbocycles. The minimum Gasteiger partial charge on any atom is -0.397 e. The van der Waals surface area contributed by atoms with Crippen LogP contribution < -0.4 is 10.0 Å². The molecule has 1 aliphatic carbocycles. The lowest BCUT2D eigenvalue weighted by Gasteiger charge is -2.20. The van der Waals surface area contributed by atoms with Crippen molar-refractivity contribution in [2.24, 2.45) is 0 Å². The molecule has 1 fully saturated rings. The molecule has 88 valence electrons. The first-order valence-corrected chi connectivity index (χ1v) is 7.25. The van der Waals surface area contributed by atoms with E-state index in [0.717, 1.165) is 17.3 Å². The van der Waals surface area contributed by atoms with Crippen molar-refractivity contribution >= 4 is 37.3 Å². The molecule has 0 atom stereocenters. The lowest BCUT2D eigenvalue weighted by atomic mass is 10.3. The van der Waals surface area contributed by atoms with Crippen molar-refractivity contribution in [1.82, 2.24) is 0 Å². The molecule has 2 rings (SSSR count). The van der Waals surface area contributed by atoms with Crippen LogP contribution in [0.1, 0.15) is 12.8 Å². The van der Waals surface area contributed by atoms with Crippen molar-refractivity contribution in [2.75, 3.05) is 17.1 Å². The molecule has 16 heavy (non-hydrogen) atoms. The Morgan fingerprint density at radius 3 is 2.56 bits per heavy atom. The fourth-order valence-corrected chi connectivity index (χ4v) is 3.54. The van der Waals surface area contributed by atoms with Gasteiger partial charge in [-0.1, -0.05) is 15.9 Å². The van der Waals surface area contributed by atoms with Crippen molar-refractivity contribution < 1.29 is 8.42 Å². The van der Waals surface area contributed by atoms with E-state index in [4.69, 9.17) is 5.73 Å². The van der Waals surface area contributed by atoms with E-state index in [0.29, 0.717) is 11.4 Å². The minimum absolute atomic E-state index is 0.222. The maximum Gasteiger partial charge on any atom is 0.237 e. The lowest BCUT2D eigenvalue weighted by molar-refractivity contribution is 0.593. The molecule has 1 saturated carbocycles. The molecule has 1 aliphatic rings. The van der Waals surface area contributed by atoms with Crippen LogP contribution in [0.5, 0.6) is 0 Å². The zero-order valence-corrected chi connectivity index (χ0v) is 11.3. The fraction of sp³-hybridized carbons (Fsp3) is 0.400. The summed E-state index contributed by atoms with van der Waals surface area (Å²) in [5.74, 6) is 0. The second-order valence-corrected chi connectivity index (χ2v) is 7.07. The first-order valence-electron chi connectivity index (χ1n) is 4.95. The molecular weight excluding hydrogens is 292 g/mol. The molecule has 4 nitrogen and oxygen atoms in total. The van der Waals surface area contributed by atoms with Crippen LogP contribution in [0.2, 0.25) is 0 Å². The summed E-state index contributed by atoms with van der Waals surface area (Å²) in [5, 5.41) is -0.222. The summed E-state index contributed by atoms with van der Waals surface area (Å²) in [5.41, 5.74) is 6.80. The Bertz CT molecular complexity index is 512. The summed E-state index contributed by atoms with van der Waals surface area (Å²) in [6.45, 7) is 0. The maximum atomic E-state index is 12.0. The van der Waals surface area contributed by atoms with Gasteiger partial charge >= 0.3 is 0 Å². The van der Waals surface area contributed by atoms with E-state index in [2.05, 4.69) is 15.9 Å². The van der Waals surface area contributed by atoms with Crippen LogP contribution in [0.4, 0.5) is 11.4 Å². The van der Waals surface area contributed by atoms with Gasteiger partial charge in [0.2, 0.25) is 10.0 Å². The van der Waals surface area contributed by atoms with E-state index in [9.17, 15) is 8.42 Å². The van der Waals surface area contributed by atoms with Gasteiger partial charge in [-0.3, -0.25) is 4.31 Å². The number of benzene rings is 1. The van der Waals surface area contributed by atoms with Gasteiger partial charge in [-0.15, -0.1) is 0 Å². The highest BCUT2D eigenvalue weighted by molar-refractivity contribution is 9.10. The third kappa shape index (κ3) is 2.04. The van der Waals surface area contributed by atoms with Crippen LogP contribution in [0.25, 0.3) is 0 Å². The van der Waals surface area contributed by atoms with E-state index in [1.165, 1.54) is 4.31 Å². The second-order valence-electron chi connectivity index (χ2n) is 3.91. The highest BCUT2D eigenvalue weighted by Gasteiger charge is 2.39. The molecule has 0 radical (unpaired) electrons. The molecule has 0 amide bonds. The molecule has 0 heterocycles. The third-order valence-electron chi connectivity index (χ3n) is 2.66. The number of rotatable bonds is 3. The van der Waals surface area contributed by atoms with Crippen molar-refractivity contribution in [3.8, 4) is 0 Å². The Balaban J connectivity index is 2.37. The quantitative estimate of drug-likeness (QED) is 0.868. The SMILES string of the molecule is CN(c1ccc(Br)cc1N)S(=O)(=O)C1CC1. The van der Waals surface area contributed by atoms with Gasteiger partial charge in [0, 0.05) is 11.5 Å². The molecule has 0 aromatic heterocycles. The molecule has 6 heteroatoms. The summed E-state index contributed by atoms with van der Waals surface area (Å²) < 4.78 is 26.1. The average Bonchev–Trinajstić information content (AvgIpc) is 2.99. The Morgan fingerprint density at radius 1 is 1.44 bits per heavy atom. The monoisotopic (exact) mass is 304 g/mol. The summed E-state index contributed by atoms with van der Waals surface area (Å²) in [7, 11) is -1.67. The molecule has 0 spiro atoms. The van der Waals surface area contributed by atoms with E-state index < -0.39 is 10.0 Å². The summed E-state index contributed by atoms with van der Waals surface area (Å²) in [6, 6.07) is 5.19. The number of hydrogen-bond acceptors (Lipinski definition) is 3. The smallest absolute Gasteiger partial charge is 0.237 e. The number of halogens is 1. The number of sulfonamides is 1. The molecule has 0 aliphatic heterocycles. The van der Waals surface area contributed by atoms with Crippen LogP contribution in [-0.4, -0.2) is 20.7 Å². The number of nitrogens with zero attached hydrogens (tertiary/aromatic N) is 1. The summed E-state index contributed by atoms with van der Waals surface area (Å²) in [4.78, 5) is 0. The van der Waals surface area contributed by atoms with E-state index in [1.807, 2.05) is 0 Å². The second kappa shape index (κ2) is 3.92. The van der Waals surface area contributed by atoms with Gasteiger partial charge in [-0.25, -0.2) is 8.42 Å². The van der Waals surface area contributed by atoms with Crippen molar-refractivity contribution in [3.63, 3.8) is 0 Å². The number of hydrogen-bond donors (Lipinski definition) is 1. The molecule has 2 N–H and O–H groups in total. The molecule has 0 unspecified atom stereocenters. The van der Waals surface area contributed by atoms with Gasteiger partial charge in [0.25, 0.3) is 0 Å². The third-order valence-corrected chi connectivity index (χ3v) is 5.42. The van der Waals surface area contributed by atoms with E-state index in [1.54, 1.807) is 25.2 Å². The van der Waals surface area contributed by atoms with Gasteiger partial charge in [0.1, 0.15) is 0 Å². The van der Waals surface area contributed by atoms with Crippen molar-refractivity contribution in [2.45, 2.75) is 18.1 Å². The van der Waals surface area contributed by atoms with Gasteiger partial charge in [-0.05, 0) is 31.0 Å². The predicted octanol–water partition coefficient (Wildman–Crippen LogP) is 1.96. The van der Waals surface area contributed by atoms with Crippen LogP contribution >= 0.6 is 15.9 Å². The zero-order valence-electron chi connectivity index (χ0n) is 8.85. The van der Waals surface area contributed by atoms with Crippen LogP contribution in [-0.2, 0) is 10.0 Å². The van der Waals surface area contributed by atoms with Crippen LogP contribution in [0.3, 0.4) is 0 Å². The number of anilines is 2. The largest absolute Gasteiger partial charge is 0.397 e. The zero-order chi connectivity index (χ0) is 11.9. The Kier molecular flexibility index (Phi) is 2.88.